The first kappa shape index (κ1) is 20.1. The Hall–Kier alpha value is -2.60. The minimum Gasteiger partial charge on any atom is -0.439 e. The second-order valence-electron chi connectivity index (χ2n) is 7.19. The van der Waals surface area contributed by atoms with E-state index in [-0.39, 0.29) is 0 Å². The maximum atomic E-state index is 5.88. The number of aryl methyl sites for hydroxylation is 1. The third kappa shape index (κ3) is 5.70. The molecule has 1 aromatic heterocycles. The van der Waals surface area contributed by atoms with E-state index in [2.05, 4.69) is 58.1 Å². The molecule has 1 aromatic carbocycles. The van der Waals surface area contributed by atoms with E-state index in [1.165, 1.54) is 5.56 Å². The van der Waals surface area contributed by atoms with Crippen molar-refractivity contribution in [2.24, 2.45) is 4.99 Å². The van der Waals surface area contributed by atoms with Gasteiger partial charge in [-0.2, -0.15) is 0 Å². The van der Waals surface area contributed by atoms with Crippen molar-refractivity contribution < 1.29 is 4.42 Å². The predicted octanol–water partition coefficient (Wildman–Crippen LogP) is 3.36. The highest BCUT2D eigenvalue weighted by molar-refractivity contribution is 5.80. The lowest BCUT2D eigenvalue weighted by molar-refractivity contribution is 0.225. The van der Waals surface area contributed by atoms with Crippen LogP contribution in [0, 0.1) is 6.92 Å². The lowest BCUT2D eigenvalue weighted by Gasteiger charge is -2.32. The molecule has 0 saturated carbocycles. The molecular formula is C22H31N5O. The average Bonchev–Trinajstić information content (AvgIpc) is 3.18. The van der Waals surface area contributed by atoms with E-state index in [9.17, 15) is 0 Å². The number of oxazole rings is 1. The van der Waals surface area contributed by atoms with E-state index in [1.54, 1.807) is 6.20 Å². The molecule has 2 heterocycles. The molecule has 0 unspecified atom stereocenters. The van der Waals surface area contributed by atoms with Crippen molar-refractivity contribution in [3.63, 3.8) is 0 Å². The number of benzene rings is 1. The summed E-state index contributed by atoms with van der Waals surface area (Å²) in [5.41, 5.74) is 2.26. The summed E-state index contributed by atoms with van der Waals surface area (Å²) in [7, 11) is 0. The molecule has 6 nitrogen and oxygen atoms in total. The molecule has 2 N–H and O–H groups in total. The molecule has 0 amide bonds. The fourth-order valence-electron chi connectivity index (χ4n) is 3.34. The van der Waals surface area contributed by atoms with Gasteiger partial charge in [0, 0.05) is 37.8 Å². The van der Waals surface area contributed by atoms with Crippen molar-refractivity contribution in [3.05, 3.63) is 54.6 Å². The summed E-state index contributed by atoms with van der Waals surface area (Å²) in [5, 5.41) is 6.87. The van der Waals surface area contributed by atoms with E-state index in [0.29, 0.717) is 18.5 Å². The highest BCUT2D eigenvalue weighted by Gasteiger charge is 2.19. The Bertz CT molecular complexity index is 772. The van der Waals surface area contributed by atoms with Gasteiger partial charge in [0.05, 0.1) is 6.20 Å². The summed E-state index contributed by atoms with van der Waals surface area (Å²) in [6, 6.07) is 8.68. The minimum atomic E-state index is 0.413. The molecule has 1 fully saturated rings. The Kier molecular flexibility index (Phi) is 7.25. The van der Waals surface area contributed by atoms with Gasteiger partial charge in [0.1, 0.15) is 6.54 Å². The lowest BCUT2D eigenvalue weighted by atomic mass is 10.1. The van der Waals surface area contributed by atoms with E-state index >= 15 is 0 Å². The molecule has 0 bridgehead atoms. The van der Waals surface area contributed by atoms with Crippen LogP contribution in [0.2, 0.25) is 0 Å². The molecule has 1 aliphatic heterocycles. The Balaban J connectivity index is 1.57. The fourth-order valence-corrected chi connectivity index (χ4v) is 3.34. The number of guanidine groups is 1. The van der Waals surface area contributed by atoms with Gasteiger partial charge in [0.2, 0.25) is 5.89 Å². The molecule has 150 valence electrons. The monoisotopic (exact) mass is 381 g/mol. The molecule has 1 saturated heterocycles. The second-order valence-corrected chi connectivity index (χ2v) is 7.19. The normalized spacial score (nSPS) is 16.1. The van der Waals surface area contributed by atoms with Crippen molar-refractivity contribution in [2.45, 2.75) is 39.3 Å². The summed E-state index contributed by atoms with van der Waals surface area (Å²) in [4.78, 5) is 11.5. The summed E-state index contributed by atoms with van der Waals surface area (Å²) in [6.45, 7) is 12.3. The summed E-state index contributed by atoms with van der Waals surface area (Å²) in [5.74, 6) is 2.21. The summed E-state index contributed by atoms with van der Waals surface area (Å²) >= 11 is 0. The molecule has 0 aliphatic carbocycles. The maximum absolute atomic E-state index is 5.88. The second kappa shape index (κ2) is 10.1. The van der Waals surface area contributed by atoms with Crippen LogP contribution in [0.3, 0.4) is 0 Å². The zero-order chi connectivity index (χ0) is 19.8. The Morgan fingerprint density at radius 2 is 2.07 bits per heavy atom. The van der Waals surface area contributed by atoms with Gasteiger partial charge in [-0.05, 0) is 26.7 Å². The summed E-state index contributed by atoms with van der Waals surface area (Å²) < 4.78 is 5.88. The highest BCUT2D eigenvalue weighted by Crippen LogP contribution is 2.21. The zero-order valence-corrected chi connectivity index (χ0v) is 16.9. The Morgan fingerprint density at radius 1 is 1.32 bits per heavy atom. The molecule has 1 aliphatic rings. The first-order valence-corrected chi connectivity index (χ1v) is 10.1. The van der Waals surface area contributed by atoms with Crippen LogP contribution < -0.4 is 10.6 Å². The minimum absolute atomic E-state index is 0.413. The molecular weight excluding hydrogens is 350 g/mol. The number of hydrogen-bond donors (Lipinski definition) is 2. The smallest absolute Gasteiger partial charge is 0.216 e. The number of aliphatic imine (C=N–C) groups is 1. The number of aromatic nitrogens is 1. The van der Waals surface area contributed by atoms with Crippen molar-refractivity contribution in [1.82, 2.24) is 20.5 Å². The van der Waals surface area contributed by atoms with Gasteiger partial charge in [-0.3, -0.25) is 4.90 Å². The molecule has 0 atom stereocenters. The SMILES string of the molecule is C=CCN1CCC(NC(=NCc2ncc(-c3ccc(C)cc3)o2)NCC)CC1. The van der Waals surface area contributed by atoms with Gasteiger partial charge in [0.25, 0.3) is 0 Å². The maximum Gasteiger partial charge on any atom is 0.216 e. The van der Waals surface area contributed by atoms with Crippen LogP contribution >= 0.6 is 0 Å². The van der Waals surface area contributed by atoms with E-state index in [1.807, 2.05) is 18.2 Å². The number of piperidine rings is 1. The predicted molar refractivity (Wildman–Crippen MR) is 114 cm³/mol. The van der Waals surface area contributed by atoms with Crippen LogP contribution in [0.25, 0.3) is 11.3 Å². The molecule has 0 spiro atoms. The largest absolute Gasteiger partial charge is 0.439 e. The Morgan fingerprint density at radius 3 is 2.75 bits per heavy atom. The van der Waals surface area contributed by atoms with Crippen LogP contribution in [0.1, 0.15) is 31.2 Å². The van der Waals surface area contributed by atoms with Crippen molar-refractivity contribution in [3.8, 4) is 11.3 Å². The van der Waals surface area contributed by atoms with Gasteiger partial charge < -0.3 is 15.1 Å². The number of likely N-dealkylation sites (tertiary alicyclic amines) is 1. The topological polar surface area (TPSA) is 65.7 Å². The third-order valence-corrected chi connectivity index (χ3v) is 4.92. The zero-order valence-electron chi connectivity index (χ0n) is 16.9. The van der Waals surface area contributed by atoms with E-state index in [0.717, 1.165) is 56.3 Å². The molecule has 3 rings (SSSR count). The highest BCUT2D eigenvalue weighted by atomic mass is 16.4. The lowest BCUT2D eigenvalue weighted by Crippen LogP contribution is -2.48. The first-order valence-electron chi connectivity index (χ1n) is 10.1. The third-order valence-electron chi connectivity index (χ3n) is 4.92. The Labute approximate surface area is 167 Å². The molecule has 2 aromatic rings. The number of rotatable bonds is 7. The molecule has 0 radical (unpaired) electrons. The van der Waals surface area contributed by atoms with Gasteiger partial charge in [-0.25, -0.2) is 9.98 Å². The van der Waals surface area contributed by atoms with Crippen LogP contribution in [-0.2, 0) is 6.54 Å². The van der Waals surface area contributed by atoms with Crippen molar-refractivity contribution >= 4 is 5.96 Å². The average molecular weight is 382 g/mol. The van der Waals surface area contributed by atoms with Gasteiger partial charge in [-0.15, -0.1) is 6.58 Å². The molecule has 6 heteroatoms. The fraction of sp³-hybridized carbons (Fsp3) is 0.455. The van der Waals surface area contributed by atoms with Crippen LogP contribution in [0.4, 0.5) is 0 Å². The van der Waals surface area contributed by atoms with Gasteiger partial charge in [0.15, 0.2) is 11.7 Å². The van der Waals surface area contributed by atoms with Gasteiger partial charge in [-0.1, -0.05) is 35.9 Å². The van der Waals surface area contributed by atoms with Crippen LogP contribution in [0.15, 0.2) is 52.5 Å². The number of nitrogens with zero attached hydrogens (tertiary/aromatic N) is 3. The number of nitrogens with one attached hydrogen (secondary N) is 2. The van der Waals surface area contributed by atoms with Crippen molar-refractivity contribution in [1.29, 1.82) is 0 Å². The standard InChI is InChI=1S/C22H31N5O/c1-4-12-27-13-10-19(11-14-27)26-22(23-5-2)25-16-21-24-15-20(28-21)18-8-6-17(3)7-9-18/h4,6-9,15,19H,1,5,10-14,16H2,2-3H3,(H2,23,25,26). The van der Waals surface area contributed by atoms with Crippen LogP contribution in [0.5, 0.6) is 0 Å². The van der Waals surface area contributed by atoms with Gasteiger partial charge >= 0.3 is 0 Å². The van der Waals surface area contributed by atoms with E-state index < -0.39 is 0 Å². The van der Waals surface area contributed by atoms with Crippen molar-refractivity contribution in [2.75, 3.05) is 26.2 Å². The van der Waals surface area contributed by atoms with Crippen LogP contribution in [-0.4, -0.2) is 48.1 Å². The first-order chi connectivity index (χ1) is 13.7. The summed E-state index contributed by atoms with van der Waals surface area (Å²) in [6.07, 6.45) is 5.95. The van der Waals surface area contributed by atoms with E-state index in [4.69, 9.17) is 4.42 Å². The quantitative estimate of drug-likeness (QED) is 0.437. The molecule has 28 heavy (non-hydrogen) atoms. The number of hydrogen-bond acceptors (Lipinski definition) is 4.